The van der Waals surface area contributed by atoms with Crippen LogP contribution in [0.4, 0.5) is 0 Å². The Kier molecular flexibility index (Phi) is 5.76. The van der Waals surface area contributed by atoms with Gasteiger partial charge >= 0.3 is 5.97 Å². The van der Waals surface area contributed by atoms with E-state index in [1.807, 2.05) is 6.07 Å². The number of likely N-dealkylation sites (tertiary alicyclic amines) is 1. The molecule has 1 aliphatic heterocycles. The molecule has 158 valence electrons. The molecule has 2 atom stereocenters. The van der Waals surface area contributed by atoms with Crippen LogP contribution in [0.5, 0.6) is 11.5 Å². The Morgan fingerprint density at radius 2 is 1.83 bits per heavy atom. The van der Waals surface area contributed by atoms with Crippen molar-refractivity contribution in [3.63, 3.8) is 0 Å². The van der Waals surface area contributed by atoms with E-state index in [1.54, 1.807) is 38.5 Å². The number of allylic oxidation sites excluding steroid dienone is 1. The number of fused-ring (bicyclic) bond motifs is 1. The monoisotopic (exact) mass is 427 g/mol. The van der Waals surface area contributed by atoms with Gasteiger partial charge in [0.25, 0.3) is 0 Å². The Labute approximate surface area is 182 Å². The van der Waals surface area contributed by atoms with Crippen molar-refractivity contribution in [3.8, 4) is 11.5 Å². The molecule has 30 heavy (non-hydrogen) atoms. The summed E-state index contributed by atoms with van der Waals surface area (Å²) in [5.41, 5.74) is 1.69. The zero-order chi connectivity index (χ0) is 21.3. The predicted octanol–water partition coefficient (Wildman–Crippen LogP) is 4.83. The molecule has 2 aromatic rings. The van der Waals surface area contributed by atoms with Crippen molar-refractivity contribution in [2.24, 2.45) is 0 Å². The van der Waals surface area contributed by atoms with Crippen molar-refractivity contribution in [2.45, 2.75) is 30.7 Å². The van der Waals surface area contributed by atoms with Crippen LogP contribution in [0.3, 0.4) is 0 Å². The van der Waals surface area contributed by atoms with E-state index >= 15 is 0 Å². The Bertz CT molecular complexity index is 972. The molecule has 5 nitrogen and oxygen atoms in total. The van der Waals surface area contributed by atoms with Crippen LogP contribution in [-0.4, -0.2) is 44.7 Å². The van der Waals surface area contributed by atoms with Gasteiger partial charge in [-0.05, 0) is 74.5 Å². The van der Waals surface area contributed by atoms with E-state index < -0.39 is 0 Å². The van der Waals surface area contributed by atoms with Crippen LogP contribution in [0.1, 0.15) is 35.2 Å². The molecule has 1 aliphatic carbocycles. The molecule has 2 aliphatic rings. The van der Waals surface area contributed by atoms with E-state index in [1.165, 1.54) is 5.56 Å². The van der Waals surface area contributed by atoms with Crippen LogP contribution in [0.2, 0.25) is 5.02 Å². The summed E-state index contributed by atoms with van der Waals surface area (Å²) in [6.07, 6.45) is 4.60. The highest BCUT2D eigenvalue weighted by Crippen LogP contribution is 2.49. The fraction of sp³-hybridized carbons (Fsp3) is 0.375. The maximum absolute atomic E-state index is 12.6. The lowest BCUT2D eigenvalue weighted by atomic mass is 9.68. The third-order valence-electron chi connectivity index (χ3n) is 6.43. The topological polar surface area (TPSA) is 48.0 Å². The first-order chi connectivity index (χ1) is 14.5. The standard InChI is InChI=1S/C24H26ClNO4/c1-26-13-12-24(17-6-9-20(28-2)21(14-17)29-3)11-10-19(15-22(24)26)30-23(27)16-4-7-18(25)8-5-16/h4-10,14,22H,11-13,15H2,1-3H3/t22-,24-/m0/s1. The number of rotatable bonds is 5. The lowest BCUT2D eigenvalue weighted by molar-refractivity contribution is 0.0579. The molecule has 0 amide bonds. The molecule has 0 aromatic heterocycles. The van der Waals surface area contributed by atoms with Gasteiger partial charge in [-0.25, -0.2) is 4.79 Å². The number of hydrogen-bond acceptors (Lipinski definition) is 5. The van der Waals surface area contributed by atoms with Gasteiger partial charge in [-0.2, -0.15) is 0 Å². The second kappa shape index (κ2) is 8.32. The minimum absolute atomic E-state index is 0.0372. The molecule has 1 fully saturated rings. The van der Waals surface area contributed by atoms with E-state index in [2.05, 4.69) is 30.2 Å². The predicted molar refractivity (Wildman–Crippen MR) is 116 cm³/mol. The average Bonchev–Trinajstić information content (AvgIpc) is 3.11. The van der Waals surface area contributed by atoms with Gasteiger partial charge in [0.2, 0.25) is 0 Å². The highest BCUT2D eigenvalue weighted by molar-refractivity contribution is 6.30. The number of ether oxygens (including phenoxy) is 3. The number of likely N-dealkylation sites (N-methyl/N-ethyl adjacent to an activating group) is 1. The molecule has 1 heterocycles. The highest BCUT2D eigenvalue weighted by atomic mass is 35.5. The summed E-state index contributed by atoms with van der Waals surface area (Å²) >= 11 is 5.91. The molecule has 4 rings (SSSR count). The second-order valence-corrected chi connectivity index (χ2v) is 8.38. The zero-order valence-electron chi connectivity index (χ0n) is 17.5. The number of carbonyl (C=O) groups is 1. The Hall–Kier alpha value is -2.50. The number of carbonyl (C=O) groups excluding carboxylic acids is 1. The van der Waals surface area contributed by atoms with E-state index in [0.717, 1.165) is 36.6 Å². The molecule has 2 aromatic carbocycles. The SMILES string of the molecule is COc1ccc([C@@]23CC=C(OC(=O)c4ccc(Cl)cc4)C[C@@H]2N(C)CC3)cc1OC. The Balaban J connectivity index is 1.60. The van der Waals surface area contributed by atoms with E-state index in [0.29, 0.717) is 17.0 Å². The fourth-order valence-corrected chi connectivity index (χ4v) is 4.85. The first-order valence-electron chi connectivity index (χ1n) is 10.1. The minimum Gasteiger partial charge on any atom is -0.493 e. The van der Waals surface area contributed by atoms with Crippen LogP contribution >= 0.6 is 11.6 Å². The first kappa shape index (κ1) is 20.8. The molecular formula is C24H26ClNO4. The van der Waals surface area contributed by atoms with Gasteiger partial charge in [0.05, 0.1) is 19.8 Å². The van der Waals surface area contributed by atoms with Gasteiger partial charge in [0.15, 0.2) is 11.5 Å². The van der Waals surface area contributed by atoms with Crippen LogP contribution < -0.4 is 9.47 Å². The third kappa shape index (κ3) is 3.68. The quantitative estimate of drug-likeness (QED) is 0.639. The maximum Gasteiger partial charge on any atom is 0.343 e. The molecular weight excluding hydrogens is 402 g/mol. The molecule has 0 spiro atoms. The van der Waals surface area contributed by atoms with Crippen LogP contribution in [0.25, 0.3) is 0 Å². The van der Waals surface area contributed by atoms with Crippen molar-refractivity contribution in [2.75, 3.05) is 27.8 Å². The fourth-order valence-electron chi connectivity index (χ4n) is 4.73. The number of esters is 1. The molecule has 1 saturated heterocycles. The highest BCUT2D eigenvalue weighted by Gasteiger charge is 2.49. The second-order valence-electron chi connectivity index (χ2n) is 7.95. The third-order valence-corrected chi connectivity index (χ3v) is 6.68. The van der Waals surface area contributed by atoms with Gasteiger partial charge in [-0.1, -0.05) is 17.7 Å². The summed E-state index contributed by atoms with van der Waals surface area (Å²) in [6.45, 7) is 0.991. The summed E-state index contributed by atoms with van der Waals surface area (Å²) in [5.74, 6) is 1.84. The van der Waals surface area contributed by atoms with E-state index in [4.69, 9.17) is 25.8 Å². The van der Waals surface area contributed by atoms with Crippen molar-refractivity contribution in [1.29, 1.82) is 0 Å². The molecule has 0 unspecified atom stereocenters. The minimum atomic E-state index is -0.350. The number of nitrogens with zero attached hydrogens (tertiary/aromatic N) is 1. The molecule has 0 radical (unpaired) electrons. The molecule has 0 saturated carbocycles. The van der Waals surface area contributed by atoms with Crippen LogP contribution in [0.15, 0.2) is 54.3 Å². The van der Waals surface area contributed by atoms with Gasteiger partial charge in [0, 0.05) is 22.9 Å². The summed E-state index contributed by atoms with van der Waals surface area (Å²) in [5, 5.41) is 0.593. The Morgan fingerprint density at radius 1 is 1.10 bits per heavy atom. The Morgan fingerprint density at radius 3 is 2.53 bits per heavy atom. The molecule has 6 heteroatoms. The number of halogens is 1. The zero-order valence-corrected chi connectivity index (χ0v) is 18.2. The summed E-state index contributed by atoms with van der Waals surface area (Å²) in [6, 6.07) is 13.2. The van der Waals surface area contributed by atoms with Gasteiger partial charge in [-0.3, -0.25) is 0 Å². The lowest BCUT2D eigenvalue weighted by Crippen LogP contribution is -2.43. The van der Waals surface area contributed by atoms with Crippen molar-refractivity contribution < 1.29 is 19.0 Å². The van der Waals surface area contributed by atoms with Gasteiger partial charge in [0.1, 0.15) is 5.76 Å². The number of benzene rings is 2. The van der Waals surface area contributed by atoms with Crippen molar-refractivity contribution in [3.05, 3.63) is 70.4 Å². The lowest BCUT2D eigenvalue weighted by Gasteiger charge is -2.40. The summed E-state index contributed by atoms with van der Waals surface area (Å²) in [7, 11) is 5.44. The number of hydrogen-bond donors (Lipinski definition) is 0. The molecule has 0 bridgehead atoms. The average molecular weight is 428 g/mol. The van der Waals surface area contributed by atoms with Crippen LogP contribution in [-0.2, 0) is 10.2 Å². The van der Waals surface area contributed by atoms with Crippen molar-refractivity contribution >= 4 is 17.6 Å². The smallest absolute Gasteiger partial charge is 0.343 e. The summed E-state index contributed by atoms with van der Waals surface area (Å²) in [4.78, 5) is 14.9. The normalized spacial score (nSPS) is 23.5. The van der Waals surface area contributed by atoms with E-state index in [9.17, 15) is 4.79 Å². The number of methoxy groups -OCH3 is 2. The van der Waals surface area contributed by atoms with Gasteiger partial charge in [-0.15, -0.1) is 0 Å². The van der Waals surface area contributed by atoms with Crippen LogP contribution in [0, 0.1) is 0 Å². The first-order valence-corrected chi connectivity index (χ1v) is 10.4. The van der Waals surface area contributed by atoms with E-state index in [-0.39, 0.29) is 17.4 Å². The maximum atomic E-state index is 12.6. The van der Waals surface area contributed by atoms with Gasteiger partial charge < -0.3 is 19.1 Å². The van der Waals surface area contributed by atoms with Crippen molar-refractivity contribution in [1.82, 2.24) is 4.90 Å². The molecule has 0 N–H and O–H groups in total. The largest absolute Gasteiger partial charge is 0.493 e. The summed E-state index contributed by atoms with van der Waals surface area (Å²) < 4.78 is 16.7.